The Morgan fingerprint density at radius 1 is 1.38 bits per heavy atom. The minimum Gasteiger partial charge on any atom is -0.448 e. The first kappa shape index (κ1) is 15.8. The van der Waals surface area contributed by atoms with Crippen molar-refractivity contribution in [3.63, 3.8) is 0 Å². The molecule has 0 fully saturated rings. The lowest BCUT2D eigenvalue weighted by atomic mass is 9.85. The van der Waals surface area contributed by atoms with E-state index in [2.05, 4.69) is 33.0 Å². The number of hydrogen-bond donors (Lipinski definition) is 1. The zero-order chi connectivity index (χ0) is 11.5. The molecule has 4 heteroatoms. The van der Waals surface area contributed by atoms with E-state index < -0.39 is 0 Å². The Hall–Kier alpha value is -0.180. The molecule has 1 rings (SSSR count). The van der Waals surface area contributed by atoms with Crippen LogP contribution in [-0.2, 0) is 6.54 Å². The molecule has 0 spiro atoms. The predicted octanol–water partition coefficient (Wildman–Crippen LogP) is 4.27. The second-order valence-corrected chi connectivity index (χ2v) is 5.29. The molecule has 16 heavy (non-hydrogen) atoms. The lowest BCUT2D eigenvalue weighted by Crippen LogP contribution is -2.39. The maximum absolute atomic E-state index is 5.71. The summed E-state index contributed by atoms with van der Waals surface area (Å²) in [5.41, 5.74) is 0.269. The summed E-state index contributed by atoms with van der Waals surface area (Å²) in [6.45, 7) is 9.65. The number of nitrogens with one attached hydrogen (secondary N) is 1. The van der Waals surface area contributed by atoms with Gasteiger partial charge in [-0.15, -0.1) is 12.4 Å². The zero-order valence-corrected chi connectivity index (χ0v) is 11.9. The van der Waals surface area contributed by atoms with Crippen molar-refractivity contribution in [3.05, 3.63) is 23.1 Å². The lowest BCUT2D eigenvalue weighted by Gasteiger charge is -2.30. The molecule has 2 nitrogen and oxygen atoms in total. The van der Waals surface area contributed by atoms with Crippen molar-refractivity contribution in [2.24, 2.45) is 5.41 Å². The van der Waals surface area contributed by atoms with E-state index in [1.54, 1.807) is 6.07 Å². The van der Waals surface area contributed by atoms with Crippen LogP contribution in [-0.4, -0.2) is 6.04 Å². The first-order valence-corrected chi connectivity index (χ1v) is 5.79. The SMILES string of the molecule is CCC(NCc1ccc(Cl)o1)C(C)(C)C.Cl. The van der Waals surface area contributed by atoms with Crippen LogP contribution in [0, 0.1) is 5.41 Å². The fourth-order valence-corrected chi connectivity index (χ4v) is 1.90. The molecule has 0 amide bonds. The summed E-state index contributed by atoms with van der Waals surface area (Å²) in [4.78, 5) is 0. The maximum Gasteiger partial charge on any atom is 0.193 e. The molecule has 0 aliphatic rings. The summed E-state index contributed by atoms with van der Waals surface area (Å²) < 4.78 is 5.29. The normalized spacial score (nSPS) is 13.3. The van der Waals surface area contributed by atoms with Gasteiger partial charge in [0.2, 0.25) is 0 Å². The van der Waals surface area contributed by atoms with Crippen LogP contribution in [0.25, 0.3) is 0 Å². The molecule has 1 atom stereocenters. The van der Waals surface area contributed by atoms with Crippen molar-refractivity contribution >= 4 is 24.0 Å². The third-order valence-corrected chi connectivity index (χ3v) is 2.81. The summed E-state index contributed by atoms with van der Waals surface area (Å²) in [5, 5.41) is 3.94. The molecule has 0 radical (unpaired) electrons. The average Bonchev–Trinajstić information content (AvgIpc) is 2.50. The van der Waals surface area contributed by atoms with E-state index in [-0.39, 0.29) is 17.8 Å². The van der Waals surface area contributed by atoms with Gasteiger partial charge in [-0.3, -0.25) is 0 Å². The topological polar surface area (TPSA) is 25.2 Å². The zero-order valence-electron chi connectivity index (χ0n) is 10.3. The minimum atomic E-state index is 0. The molecule has 1 heterocycles. The number of halogens is 2. The molecule has 1 aromatic heterocycles. The first-order valence-electron chi connectivity index (χ1n) is 5.41. The van der Waals surface area contributed by atoms with Gasteiger partial charge in [0.15, 0.2) is 5.22 Å². The summed E-state index contributed by atoms with van der Waals surface area (Å²) in [6.07, 6.45) is 1.11. The fraction of sp³-hybridized carbons (Fsp3) is 0.667. The van der Waals surface area contributed by atoms with Crippen molar-refractivity contribution in [3.8, 4) is 0 Å². The Bertz CT molecular complexity index is 304. The van der Waals surface area contributed by atoms with Gasteiger partial charge < -0.3 is 9.73 Å². The molecule has 0 aromatic carbocycles. The van der Waals surface area contributed by atoms with Crippen LogP contribution in [0.4, 0.5) is 0 Å². The van der Waals surface area contributed by atoms with Gasteiger partial charge in [-0.25, -0.2) is 0 Å². The molecule has 0 aliphatic carbocycles. The quantitative estimate of drug-likeness (QED) is 0.880. The number of furan rings is 1. The van der Waals surface area contributed by atoms with Crippen LogP contribution in [0.2, 0.25) is 5.22 Å². The Morgan fingerprint density at radius 3 is 2.38 bits per heavy atom. The maximum atomic E-state index is 5.71. The molecule has 94 valence electrons. The van der Waals surface area contributed by atoms with Crippen molar-refractivity contribution in [1.82, 2.24) is 5.32 Å². The Labute approximate surface area is 109 Å². The third kappa shape index (κ3) is 4.77. The summed E-state index contributed by atoms with van der Waals surface area (Å²) >= 11 is 5.71. The summed E-state index contributed by atoms with van der Waals surface area (Å²) in [6, 6.07) is 4.17. The van der Waals surface area contributed by atoms with Crippen LogP contribution in [0.5, 0.6) is 0 Å². The molecule has 1 aromatic rings. The van der Waals surface area contributed by atoms with Crippen LogP contribution < -0.4 is 5.32 Å². The van der Waals surface area contributed by atoms with E-state index in [0.29, 0.717) is 11.3 Å². The van der Waals surface area contributed by atoms with Gasteiger partial charge in [0.05, 0.1) is 6.54 Å². The van der Waals surface area contributed by atoms with Crippen molar-refractivity contribution in [2.45, 2.75) is 46.7 Å². The Balaban J connectivity index is 0.00000225. The van der Waals surface area contributed by atoms with Gasteiger partial charge in [0.1, 0.15) is 5.76 Å². The van der Waals surface area contributed by atoms with E-state index in [9.17, 15) is 0 Å². The van der Waals surface area contributed by atoms with E-state index in [4.69, 9.17) is 16.0 Å². The van der Waals surface area contributed by atoms with Gasteiger partial charge in [-0.05, 0) is 35.6 Å². The highest BCUT2D eigenvalue weighted by molar-refractivity contribution is 6.28. The summed E-state index contributed by atoms with van der Waals surface area (Å²) in [7, 11) is 0. The smallest absolute Gasteiger partial charge is 0.193 e. The van der Waals surface area contributed by atoms with Crippen molar-refractivity contribution in [2.75, 3.05) is 0 Å². The van der Waals surface area contributed by atoms with Gasteiger partial charge in [-0.2, -0.15) is 0 Å². The lowest BCUT2D eigenvalue weighted by molar-refractivity contribution is 0.254. The van der Waals surface area contributed by atoms with Crippen LogP contribution in [0.3, 0.4) is 0 Å². The number of hydrogen-bond acceptors (Lipinski definition) is 2. The highest BCUT2D eigenvalue weighted by Gasteiger charge is 2.22. The molecular formula is C12H21Cl2NO. The van der Waals surface area contributed by atoms with Gasteiger partial charge in [-0.1, -0.05) is 27.7 Å². The highest BCUT2D eigenvalue weighted by Crippen LogP contribution is 2.22. The van der Waals surface area contributed by atoms with Gasteiger partial charge >= 0.3 is 0 Å². The molecule has 0 aliphatic heterocycles. The van der Waals surface area contributed by atoms with Crippen molar-refractivity contribution in [1.29, 1.82) is 0 Å². The Kier molecular flexibility index (Phi) is 6.46. The van der Waals surface area contributed by atoms with Gasteiger partial charge in [0.25, 0.3) is 0 Å². The molecule has 0 saturated carbocycles. The van der Waals surface area contributed by atoms with E-state index in [1.807, 2.05) is 6.07 Å². The standard InChI is InChI=1S/C12H20ClNO.ClH/c1-5-10(12(2,3)4)14-8-9-6-7-11(13)15-9;/h6-7,10,14H,5,8H2,1-4H3;1H. The average molecular weight is 266 g/mol. The van der Waals surface area contributed by atoms with Gasteiger partial charge in [0, 0.05) is 6.04 Å². The first-order chi connectivity index (χ1) is 6.93. The van der Waals surface area contributed by atoms with E-state index in [1.165, 1.54) is 0 Å². The van der Waals surface area contributed by atoms with Crippen LogP contribution >= 0.6 is 24.0 Å². The largest absolute Gasteiger partial charge is 0.448 e. The third-order valence-electron chi connectivity index (χ3n) is 2.61. The second-order valence-electron chi connectivity index (χ2n) is 4.91. The van der Waals surface area contributed by atoms with Crippen LogP contribution in [0.15, 0.2) is 16.5 Å². The predicted molar refractivity (Wildman–Crippen MR) is 71.3 cm³/mol. The van der Waals surface area contributed by atoms with E-state index in [0.717, 1.165) is 18.7 Å². The van der Waals surface area contributed by atoms with E-state index >= 15 is 0 Å². The minimum absolute atomic E-state index is 0. The molecule has 1 unspecified atom stereocenters. The molecule has 0 saturated heterocycles. The Morgan fingerprint density at radius 2 is 2.00 bits per heavy atom. The van der Waals surface area contributed by atoms with Crippen LogP contribution in [0.1, 0.15) is 39.9 Å². The second kappa shape index (κ2) is 6.53. The monoisotopic (exact) mass is 265 g/mol. The molecule has 1 N–H and O–H groups in total. The molecule has 0 bridgehead atoms. The summed E-state index contributed by atoms with van der Waals surface area (Å²) in [5.74, 6) is 0.891. The fourth-order valence-electron chi connectivity index (χ4n) is 1.73. The number of rotatable bonds is 4. The highest BCUT2D eigenvalue weighted by atomic mass is 35.5. The van der Waals surface area contributed by atoms with Crippen molar-refractivity contribution < 1.29 is 4.42 Å². The molecular weight excluding hydrogens is 245 g/mol.